The summed E-state index contributed by atoms with van der Waals surface area (Å²) in [5.41, 5.74) is 3.04. The van der Waals surface area contributed by atoms with Gasteiger partial charge in [0.15, 0.2) is 0 Å². The van der Waals surface area contributed by atoms with Crippen molar-refractivity contribution in [2.45, 2.75) is 26.3 Å². The first-order chi connectivity index (χ1) is 9.10. The Bertz CT molecular complexity index is 553. The lowest BCUT2D eigenvalue weighted by Crippen LogP contribution is -2.10. The Labute approximate surface area is 123 Å². The molecular formula is C15H16Cl2N2. The number of halogens is 2. The van der Waals surface area contributed by atoms with E-state index in [1.165, 1.54) is 0 Å². The van der Waals surface area contributed by atoms with Crippen molar-refractivity contribution in [1.29, 1.82) is 0 Å². The minimum Gasteiger partial charge on any atom is -0.377 e. The second kappa shape index (κ2) is 6.27. The number of aryl methyl sites for hydroxylation is 1. The summed E-state index contributed by atoms with van der Waals surface area (Å²) in [7, 11) is 0. The lowest BCUT2D eigenvalue weighted by atomic mass is 10.0. The Morgan fingerprint density at radius 2 is 2.00 bits per heavy atom. The molecule has 0 aliphatic heterocycles. The first-order valence-corrected chi connectivity index (χ1v) is 7.00. The van der Waals surface area contributed by atoms with Gasteiger partial charge in [-0.15, -0.1) is 0 Å². The number of hydrogen-bond acceptors (Lipinski definition) is 2. The summed E-state index contributed by atoms with van der Waals surface area (Å²) < 4.78 is 0. The number of nitrogens with one attached hydrogen (secondary N) is 1. The van der Waals surface area contributed by atoms with Crippen molar-refractivity contribution < 1.29 is 0 Å². The highest BCUT2D eigenvalue weighted by Gasteiger charge is 2.13. The fourth-order valence-corrected chi connectivity index (χ4v) is 2.48. The summed E-state index contributed by atoms with van der Waals surface area (Å²) in [6.45, 7) is 4.08. The van der Waals surface area contributed by atoms with Gasteiger partial charge < -0.3 is 5.32 Å². The molecule has 1 unspecified atom stereocenters. The summed E-state index contributed by atoms with van der Waals surface area (Å²) in [5, 5.41) is 4.78. The van der Waals surface area contributed by atoms with Crippen LogP contribution in [0, 0.1) is 6.92 Å². The summed E-state index contributed by atoms with van der Waals surface area (Å²) in [6.07, 6.45) is 2.76. The fourth-order valence-electron chi connectivity index (χ4n) is 1.94. The third-order valence-electron chi connectivity index (χ3n) is 3.00. The number of hydrogen-bond donors (Lipinski definition) is 1. The molecule has 0 fully saturated rings. The van der Waals surface area contributed by atoms with E-state index in [0.717, 1.165) is 23.4 Å². The zero-order valence-electron chi connectivity index (χ0n) is 11.0. The number of pyridine rings is 1. The number of aromatic nitrogens is 1. The highest BCUT2D eigenvalue weighted by Crippen LogP contribution is 2.30. The van der Waals surface area contributed by atoms with E-state index in [1.54, 1.807) is 6.07 Å². The molecule has 4 heteroatoms. The van der Waals surface area contributed by atoms with E-state index in [0.29, 0.717) is 10.0 Å². The molecule has 1 heterocycles. The fraction of sp³-hybridized carbons (Fsp3) is 0.267. The smallest absolute Gasteiger partial charge is 0.0531 e. The highest BCUT2D eigenvalue weighted by atomic mass is 35.5. The van der Waals surface area contributed by atoms with Crippen LogP contribution < -0.4 is 5.32 Å². The van der Waals surface area contributed by atoms with Crippen molar-refractivity contribution >= 4 is 28.9 Å². The molecule has 2 aromatic rings. The maximum atomic E-state index is 6.25. The normalized spacial score (nSPS) is 12.2. The van der Waals surface area contributed by atoms with Gasteiger partial charge in [-0.3, -0.25) is 4.98 Å². The van der Waals surface area contributed by atoms with Crippen LogP contribution in [0.4, 0.5) is 5.69 Å². The summed E-state index contributed by atoms with van der Waals surface area (Å²) >= 11 is 12.2. The van der Waals surface area contributed by atoms with Crippen LogP contribution in [0.25, 0.3) is 0 Å². The van der Waals surface area contributed by atoms with E-state index >= 15 is 0 Å². The van der Waals surface area contributed by atoms with Gasteiger partial charge in [-0.2, -0.15) is 0 Å². The Morgan fingerprint density at radius 3 is 2.58 bits per heavy atom. The largest absolute Gasteiger partial charge is 0.377 e. The number of anilines is 1. The zero-order chi connectivity index (χ0) is 13.8. The van der Waals surface area contributed by atoms with Crippen molar-refractivity contribution in [1.82, 2.24) is 4.98 Å². The lowest BCUT2D eigenvalue weighted by molar-refractivity contribution is 0.749. The van der Waals surface area contributed by atoms with Gasteiger partial charge in [0.1, 0.15) is 0 Å². The predicted molar refractivity (Wildman–Crippen MR) is 82.1 cm³/mol. The van der Waals surface area contributed by atoms with Crippen LogP contribution in [0.15, 0.2) is 36.5 Å². The summed E-state index contributed by atoms with van der Waals surface area (Å²) in [4.78, 5) is 4.28. The van der Waals surface area contributed by atoms with E-state index < -0.39 is 0 Å². The van der Waals surface area contributed by atoms with Crippen LogP contribution in [0.1, 0.15) is 30.6 Å². The maximum Gasteiger partial charge on any atom is 0.0531 e. The zero-order valence-corrected chi connectivity index (χ0v) is 12.5. The van der Waals surface area contributed by atoms with E-state index in [4.69, 9.17) is 23.2 Å². The standard InChI is InChI=1S/C15H16Cl2N2/c1-3-15(13-7-5-11(16)8-14(13)17)19-12-6-4-10(2)18-9-12/h4-9,15,19H,3H2,1-2H3. The average molecular weight is 295 g/mol. The molecule has 1 N–H and O–H groups in total. The van der Waals surface area contributed by atoms with Crippen molar-refractivity contribution in [3.63, 3.8) is 0 Å². The van der Waals surface area contributed by atoms with Gasteiger partial charge in [-0.1, -0.05) is 36.2 Å². The van der Waals surface area contributed by atoms with Gasteiger partial charge in [-0.25, -0.2) is 0 Å². The van der Waals surface area contributed by atoms with Crippen LogP contribution in [-0.2, 0) is 0 Å². The second-order valence-electron chi connectivity index (χ2n) is 4.46. The molecule has 0 amide bonds. The van der Waals surface area contributed by atoms with Gasteiger partial charge in [-0.05, 0) is 43.2 Å². The molecule has 1 atom stereocenters. The minimum atomic E-state index is 0.147. The molecule has 2 rings (SSSR count). The van der Waals surface area contributed by atoms with Crippen molar-refractivity contribution in [3.05, 3.63) is 57.8 Å². The molecule has 0 aliphatic rings. The predicted octanol–water partition coefficient (Wildman–Crippen LogP) is 5.26. The van der Waals surface area contributed by atoms with E-state index in [2.05, 4.69) is 17.2 Å². The first-order valence-electron chi connectivity index (χ1n) is 6.24. The quantitative estimate of drug-likeness (QED) is 0.832. The molecule has 0 radical (unpaired) electrons. The minimum absolute atomic E-state index is 0.147. The molecule has 2 nitrogen and oxygen atoms in total. The van der Waals surface area contributed by atoms with Crippen molar-refractivity contribution in [2.24, 2.45) is 0 Å². The molecule has 0 bridgehead atoms. The highest BCUT2D eigenvalue weighted by molar-refractivity contribution is 6.35. The van der Waals surface area contributed by atoms with Crippen molar-refractivity contribution in [3.8, 4) is 0 Å². The molecule has 1 aromatic carbocycles. The topological polar surface area (TPSA) is 24.9 Å². The Morgan fingerprint density at radius 1 is 1.21 bits per heavy atom. The van der Waals surface area contributed by atoms with Gasteiger partial charge in [0.25, 0.3) is 0 Å². The Balaban J connectivity index is 2.22. The van der Waals surface area contributed by atoms with E-state index in [1.807, 2.05) is 37.4 Å². The Kier molecular flexibility index (Phi) is 4.67. The number of rotatable bonds is 4. The van der Waals surface area contributed by atoms with Crippen LogP contribution in [0.5, 0.6) is 0 Å². The third kappa shape index (κ3) is 3.62. The molecule has 0 aliphatic carbocycles. The monoisotopic (exact) mass is 294 g/mol. The van der Waals surface area contributed by atoms with Gasteiger partial charge in [0, 0.05) is 15.7 Å². The number of nitrogens with zero attached hydrogens (tertiary/aromatic N) is 1. The third-order valence-corrected chi connectivity index (χ3v) is 3.56. The van der Waals surface area contributed by atoms with Gasteiger partial charge in [0.05, 0.1) is 17.9 Å². The van der Waals surface area contributed by atoms with E-state index in [-0.39, 0.29) is 6.04 Å². The molecule has 100 valence electrons. The number of benzene rings is 1. The summed E-state index contributed by atoms with van der Waals surface area (Å²) in [5.74, 6) is 0. The molecule has 19 heavy (non-hydrogen) atoms. The first kappa shape index (κ1) is 14.2. The van der Waals surface area contributed by atoms with Crippen molar-refractivity contribution in [2.75, 3.05) is 5.32 Å². The molecular weight excluding hydrogens is 279 g/mol. The lowest BCUT2D eigenvalue weighted by Gasteiger charge is -2.20. The second-order valence-corrected chi connectivity index (χ2v) is 5.30. The van der Waals surface area contributed by atoms with Gasteiger partial charge in [0.2, 0.25) is 0 Å². The molecule has 0 saturated heterocycles. The molecule has 1 aromatic heterocycles. The molecule has 0 spiro atoms. The SMILES string of the molecule is CCC(Nc1ccc(C)nc1)c1ccc(Cl)cc1Cl. The van der Waals surface area contributed by atoms with Gasteiger partial charge >= 0.3 is 0 Å². The van der Waals surface area contributed by atoms with Crippen LogP contribution in [0.3, 0.4) is 0 Å². The van der Waals surface area contributed by atoms with Crippen LogP contribution >= 0.6 is 23.2 Å². The summed E-state index contributed by atoms with van der Waals surface area (Å²) in [6, 6.07) is 9.76. The van der Waals surface area contributed by atoms with Crippen LogP contribution in [-0.4, -0.2) is 4.98 Å². The average Bonchev–Trinajstić information content (AvgIpc) is 2.39. The van der Waals surface area contributed by atoms with Crippen LogP contribution in [0.2, 0.25) is 10.0 Å². The Hall–Kier alpha value is -1.25. The molecule has 0 saturated carbocycles. The van der Waals surface area contributed by atoms with E-state index in [9.17, 15) is 0 Å². The maximum absolute atomic E-state index is 6.25.